The molecule has 1 aromatic carbocycles. The van der Waals surface area contributed by atoms with Crippen molar-refractivity contribution < 1.29 is 13.2 Å². The molecular weight excluding hydrogens is 360 g/mol. The van der Waals surface area contributed by atoms with Gasteiger partial charge in [-0.15, -0.1) is 0 Å². The molecule has 1 amide bonds. The molecule has 0 bridgehead atoms. The Balaban J connectivity index is 1.78. The molecular formula is C21H32N2O3S. The first-order chi connectivity index (χ1) is 12.7. The summed E-state index contributed by atoms with van der Waals surface area (Å²) < 4.78 is 28.2. The predicted molar refractivity (Wildman–Crippen MR) is 107 cm³/mol. The Morgan fingerprint density at radius 2 is 1.59 bits per heavy atom. The van der Waals surface area contributed by atoms with Crippen LogP contribution in [0.2, 0.25) is 0 Å². The lowest BCUT2D eigenvalue weighted by Gasteiger charge is -2.37. The Morgan fingerprint density at radius 1 is 1.00 bits per heavy atom. The normalized spacial score (nSPS) is 22.8. The van der Waals surface area contributed by atoms with Gasteiger partial charge in [0, 0.05) is 26.2 Å². The predicted octanol–water partition coefficient (Wildman–Crippen LogP) is 3.27. The van der Waals surface area contributed by atoms with E-state index in [-0.39, 0.29) is 11.8 Å². The van der Waals surface area contributed by atoms with E-state index in [1.54, 1.807) is 0 Å². The first-order valence-corrected chi connectivity index (χ1v) is 11.5. The van der Waals surface area contributed by atoms with Crippen LogP contribution in [0.25, 0.3) is 0 Å². The summed E-state index contributed by atoms with van der Waals surface area (Å²) in [6, 6.07) is 3.84. The van der Waals surface area contributed by atoms with E-state index >= 15 is 0 Å². The molecule has 0 aromatic heterocycles. The van der Waals surface area contributed by atoms with Crippen molar-refractivity contribution in [3.63, 3.8) is 0 Å². The molecule has 2 heterocycles. The number of aryl methyl sites for hydroxylation is 3. The summed E-state index contributed by atoms with van der Waals surface area (Å²) in [7, 11) is -3.58. The van der Waals surface area contributed by atoms with Gasteiger partial charge >= 0.3 is 0 Å². The molecule has 5 nitrogen and oxygen atoms in total. The number of likely N-dealkylation sites (tertiary alicyclic amines) is 1. The van der Waals surface area contributed by atoms with Crippen molar-refractivity contribution in [1.29, 1.82) is 0 Å². The number of sulfonamides is 1. The fourth-order valence-corrected chi connectivity index (χ4v) is 6.49. The number of benzene rings is 1. The molecule has 2 fully saturated rings. The van der Waals surface area contributed by atoms with Crippen molar-refractivity contribution in [1.82, 2.24) is 9.21 Å². The van der Waals surface area contributed by atoms with Crippen LogP contribution < -0.4 is 0 Å². The van der Waals surface area contributed by atoms with Crippen molar-refractivity contribution in [2.75, 3.05) is 26.2 Å². The molecule has 2 aliphatic heterocycles. The SMILES string of the molecule is Cc1cc(C)c(S(=O)(=O)N2CCCC(C(=O)N3CCC(C)CC3)C2)c(C)c1. The third-order valence-electron chi connectivity index (χ3n) is 6.03. The quantitative estimate of drug-likeness (QED) is 0.793. The maximum Gasteiger partial charge on any atom is 0.243 e. The van der Waals surface area contributed by atoms with Gasteiger partial charge in [-0.3, -0.25) is 4.79 Å². The smallest absolute Gasteiger partial charge is 0.243 e. The second-order valence-corrected chi connectivity index (χ2v) is 10.3. The summed E-state index contributed by atoms with van der Waals surface area (Å²) in [6.07, 6.45) is 3.61. The van der Waals surface area contributed by atoms with Crippen LogP contribution in [0.4, 0.5) is 0 Å². The zero-order valence-corrected chi connectivity index (χ0v) is 17.8. The average Bonchev–Trinajstić information content (AvgIpc) is 2.61. The summed E-state index contributed by atoms with van der Waals surface area (Å²) in [4.78, 5) is 15.3. The van der Waals surface area contributed by atoms with Crippen molar-refractivity contribution in [3.8, 4) is 0 Å². The van der Waals surface area contributed by atoms with Gasteiger partial charge < -0.3 is 4.90 Å². The van der Waals surface area contributed by atoms with Crippen LogP contribution in [0, 0.1) is 32.6 Å². The molecule has 2 saturated heterocycles. The number of carbonyl (C=O) groups is 1. The van der Waals surface area contributed by atoms with E-state index in [0.717, 1.165) is 55.5 Å². The fourth-order valence-electron chi connectivity index (χ4n) is 4.55. The number of carbonyl (C=O) groups excluding carboxylic acids is 1. The minimum Gasteiger partial charge on any atom is -0.342 e. The number of hydrogen-bond donors (Lipinski definition) is 0. The van der Waals surface area contributed by atoms with Gasteiger partial charge in [-0.2, -0.15) is 4.31 Å². The Morgan fingerprint density at radius 3 is 2.19 bits per heavy atom. The van der Waals surface area contributed by atoms with Crippen LogP contribution in [0.5, 0.6) is 0 Å². The summed E-state index contributed by atoms with van der Waals surface area (Å²) in [5, 5.41) is 0. The summed E-state index contributed by atoms with van der Waals surface area (Å²) >= 11 is 0. The summed E-state index contributed by atoms with van der Waals surface area (Å²) in [6.45, 7) is 10.3. The second-order valence-electron chi connectivity index (χ2n) is 8.44. The van der Waals surface area contributed by atoms with Gasteiger partial charge in [0.05, 0.1) is 10.8 Å². The highest BCUT2D eigenvalue weighted by Crippen LogP contribution is 2.30. The highest BCUT2D eigenvalue weighted by molar-refractivity contribution is 7.89. The molecule has 0 radical (unpaired) electrons. The zero-order chi connectivity index (χ0) is 19.8. The monoisotopic (exact) mass is 392 g/mol. The van der Waals surface area contributed by atoms with Crippen molar-refractivity contribution >= 4 is 15.9 Å². The molecule has 1 aromatic rings. The van der Waals surface area contributed by atoms with Gasteiger partial charge in [0.15, 0.2) is 0 Å². The van der Waals surface area contributed by atoms with Gasteiger partial charge in [-0.1, -0.05) is 24.6 Å². The Bertz CT molecular complexity index is 788. The molecule has 27 heavy (non-hydrogen) atoms. The minimum absolute atomic E-state index is 0.138. The van der Waals surface area contributed by atoms with Crippen LogP contribution in [-0.2, 0) is 14.8 Å². The molecule has 0 N–H and O–H groups in total. The number of piperidine rings is 2. The largest absolute Gasteiger partial charge is 0.342 e. The van der Waals surface area contributed by atoms with Gasteiger partial charge in [-0.25, -0.2) is 8.42 Å². The van der Waals surface area contributed by atoms with Crippen LogP contribution in [0.1, 0.15) is 49.3 Å². The zero-order valence-electron chi connectivity index (χ0n) is 17.0. The average molecular weight is 393 g/mol. The molecule has 1 unspecified atom stereocenters. The molecule has 0 saturated carbocycles. The number of rotatable bonds is 3. The first-order valence-electron chi connectivity index (χ1n) is 10.1. The highest BCUT2D eigenvalue weighted by Gasteiger charge is 2.36. The van der Waals surface area contributed by atoms with E-state index < -0.39 is 10.0 Å². The molecule has 6 heteroatoms. The molecule has 1 atom stereocenters. The van der Waals surface area contributed by atoms with E-state index in [9.17, 15) is 13.2 Å². The number of hydrogen-bond acceptors (Lipinski definition) is 3. The lowest BCUT2D eigenvalue weighted by molar-refractivity contribution is -0.138. The Labute approximate surface area is 163 Å². The molecule has 150 valence electrons. The van der Waals surface area contributed by atoms with Gasteiger partial charge in [0.2, 0.25) is 15.9 Å². The molecule has 0 aliphatic carbocycles. The van der Waals surface area contributed by atoms with Gasteiger partial charge in [-0.05, 0) is 63.5 Å². The standard InChI is InChI=1S/C21H32N2O3S/c1-15-7-10-22(11-8-15)21(24)19-6-5-9-23(14-19)27(25,26)20-17(3)12-16(2)13-18(20)4/h12-13,15,19H,5-11,14H2,1-4H3. The Hall–Kier alpha value is -1.40. The van der Waals surface area contributed by atoms with Crippen molar-refractivity contribution in [3.05, 3.63) is 28.8 Å². The van der Waals surface area contributed by atoms with Gasteiger partial charge in [0.25, 0.3) is 0 Å². The topological polar surface area (TPSA) is 57.7 Å². The third-order valence-corrected chi connectivity index (χ3v) is 8.20. The van der Waals surface area contributed by atoms with Crippen molar-refractivity contribution in [2.45, 2.75) is 58.3 Å². The van der Waals surface area contributed by atoms with Gasteiger partial charge in [0.1, 0.15) is 0 Å². The van der Waals surface area contributed by atoms with Crippen LogP contribution in [-0.4, -0.2) is 49.7 Å². The first kappa shape index (κ1) is 20.3. The molecule has 0 spiro atoms. The van der Waals surface area contributed by atoms with Crippen LogP contribution in [0.3, 0.4) is 0 Å². The van der Waals surface area contributed by atoms with Crippen molar-refractivity contribution in [2.24, 2.45) is 11.8 Å². The maximum atomic E-state index is 13.3. The molecule has 2 aliphatic rings. The fraction of sp³-hybridized carbons (Fsp3) is 0.667. The second kappa shape index (κ2) is 7.92. The lowest BCUT2D eigenvalue weighted by atomic mass is 9.94. The number of nitrogens with zero attached hydrogens (tertiary/aromatic N) is 2. The number of amides is 1. The van der Waals surface area contributed by atoms with E-state index in [4.69, 9.17) is 0 Å². The molecule has 3 rings (SSSR count). The Kier molecular flexibility index (Phi) is 5.96. The van der Waals surface area contributed by atoms with E-state index in [0.29, 0.717) is 23.9 Å². The van der Waals surface area contributed by atoms with Crippen LogP contribution >= 0.6 is 0 Å². The minimum atomic E-state index is -3.58. The third kappa shape index (κ3) is 4.21. The van der Waals surface area contributed by atoms with E-state index in [1.807, 2.05) is 37.8 Å². The lowest BCUT2D eigenvalue weighted by Crippen LogP contribution is -2.48. The van der Waals surface area contributed by atoms with E-state index in [1.165, 1.54) is 4.31 Å². The summed E-state index contributed by atoms with van der Waals surface area (Å²) in [5.74, 6) is 0.594. The van der Waals surface area contributed by atoms with Crippen LogP contribution in [0.15, 0.2) is 17.0 Å². The maximum absolute atomic E-state index is 13.3. The summed E-state index contributed by atoms with van der Waals surface area (Å²) in [5.41, 5.74) is 2.63. The van der Waals surface area contributed by atoms with E-state index in [2.05, 4.69) is 6.92 Å². The highest BCUT2D eigenvalue weighted by atomic mass is 32.2.